The number of thiol groups is 1. The lowest BCUT2D eigenvalue weighted by Crippen LogP contribution is -2.39. The van der Waals surface area contributed by atoms with Gasteiger partial charge in [-0.3, -0.25) is 0 Å². The quantitative estimate of drug-likeness (QED) is 0.536. The first-order chi connectivity index (χ1) is 13.0. The van der Waals surface area contributed by atoms with Crippen LogP contribution in [0.5, 0.6) is 0 Å². The molecule has 0 saturated heterocycles. The van der Waals surface area contributed by atoms with Crippen LogP contribution >= 0.6 is 12.6 Å². The Balaban J connectivity index is 1.98. The minimum atomic E-state index is -0.964. The van der Waals surface area contributed by atoms with Crippen molar-refractivity contribution in [1.82, 2.24) is 0 Å². The Kier molecular flexibility index (Phi) is 5.96. The lowest BCUT2D eigenvalue weighted by atomic mass is 10.1. The molecule has 0 fully saturated rings. The second-order valence-electron chi connectivity index (χ2n) is 6.57. The Hall–Kier alpha value is -2.60. The van der Waals surface area contributed by atoms with Crippen LogP contribution in [0.3, 0.4) is 0 Å². The summed E-state index contributed by atoms with van der Waals surface area (Å²) in [6, 6.07) is 15.7. The highest BCUT2D eigenvalue weighted by Crippen LogP contribution is 2.34. The van der Waals surface area contributed by atoms with Crippen LogP contribution in [0.1, 0.15) is 43.1 Å². The van der Waals surface area contributed by atoms with Gasteiger partial charge in [0.25, 0.3) is 0 Å². The molecule has 1 aromatic carbocycles. The first-order valence-corrected chi connectivity index (χ1v) is 9.46. The van der Waals surface area contributed by atoms with Gasteiger partial charge < -0.3 is 18.8 Å². The van der Waals surface area contributed by atoms with Crippen LogP contribution in [0.2, 0.25) is 0 Å². The van der Waals surface area contributed by atoms with Gasteiger partial charge >= 0.3 is 5.97 Å². The highest BCUT2D eigenvalue weighted by molar-refractivity contribution is 7.80. The van der Waals surface area contributed by atoms with Crippen LogP contribution in [0.4, 0.5) is 5.69 Å². The fourth-order valence-corrected chi connectivity index (χ4v) is 3.60. The van der Waals surface area contributed by atoms with Gasteiger partial charge in [0.05, 0.1) is 12.2 Å². The molecule has 3 rings (SSSR count). The molecule has 3 aromatic rings. The number of carbonyl (C=O) groups is 1. The summed E-state index contributed by atoms with van der Waals surface area (Å²) in [5.41, 5.74) is 0.828. The molecule has 0 bridgehead atoms. The normalized spacial score (nSPS) is 13.5. The van der Waals surface area contributed by atoms with E-state index in [2.05, 4.69) is 12.6 Å². The Bertz CT molecular complexity index is 857. The number of aliphatic carboxylic acids is 1. The lowest BCUT2D eigenvalue weighted by Gasteiger charge is -2.33. The number of carboxylic acids is 1. The molecular formula is C21H23NO4S. The van der Waals surface area contributed by atoms with Gasteiger partial charge in [0, 0.05) is 17.5 Å². The summed E-state index contributed by atoms with van der Waals surface area (Å²) >= 11 is 4.40. The number of anilines is 1. The van der Waals surface area contributed by atoms with E-state index in [0.717, 1.165) is 11.4 Å². The molecule has 0 aliphatic heterocycles. The van der Waals surface area contributed by atoms with Gasteiger partial charge in [0.2, 0.25) is 0 Å². The minimum Gasteiger partial charge on any atom is -0.479 e. The average molecular weight is 385 g/mol. The molecule has 2 aromatic heterocycles. The van der Waals surface area contributed by atoms with E-state index in [1.165, 1.54) is 0 Å². The molecule has 0 radical (unpaired) electrons. The number of nitrogens with zero attached hydrogens (tertiary/aromatic N) is 1. The molecular weight excluding hydrogens is 362 g/mol. The van der Waals surface area contributed by atoms with E-state index in [1.54, 1.807) is 18.4 Å². The summed E-state index contributed by atoms with van der Waals surface area (Å²) in [7, 11) is 0. The third-order valence-electron chi connectivity index (χ3n) is 4.45. The summed E-state index contributed by atoms with van der Waals surface area (Å²) in [4.78, 5) is 14.0. The molecule has 142 valence electrons. The van der Waals surface area contributed by atoms with E-state index in [0.29, 0.717) is 17.3 Å². The van der Waals surface area contributed by atoms with E-state index in [-0.39, 0.29) is 12.0 Å². The van der Waals surface area contributed by atoms with Gasteiger partial charge in [0.1, 0.15) is 17.3 Å². The van der Waals surface area contributed by atoms with E-state index in [1.807, 2.05) is 61.2 Å². The van der Waals surface area contributed by atoms with Crippen molar-refractivity contribution in [3.05, 3.63) is 78.1 Å². The summed E-state index contributed by atoms with van der Waals surface area (Å²) in [5, 5.41) is 9.96. The predicted octanol–water partition coefficient (Wildman–Crippen LogP) is 4.98. The largest absolute Gasteiger partial charge is 0.479 e. The summed E-state index contributed by atoms with van der Waals surface area (Å²) in [5.74, 6) is 1.11. The fraction of sp³-hybridized carbons (Fsp3) is 0.286. The van der Waals surface area contributed by atoms with Crippen LogP contribution in [-0.4, -0.2) is 22.9 Å². The third-order valence-corrected chi connectivity index (χ3v) is 4.82. The molecule has 27 heavy (non-hydrogen) atoms. The van der Waals surface area contributed by atoms with Gasteiger partial charge in [-0.15, -0.1) is 0 Å². The standard InChI is InChI=1S/C21H23NO4S/c1-14(2)22(15-7-4-3-5-8-15)20(21(23)24)19-11-10-18(26-19)16(13-27)17-9-6-12-25-17/h3-12,14,16,20,27H,13H2,1-2H3,(H,23,24). The minimum absolute atomic E-state index is 0.0344. The Morgan fingerprint density at radius 3 is 2.30 bits per heavy atom. The van der Waals surface area contributed by atoms with E-state index in [4.69, 9.17) is 8.83 Å². The molecule has 0 amide bonds. The van der Waals surface area contributed by atoms with Crippen LogP contribution in [0.15, 0.2) is 69.7 Å². The fourth-order valence-electron chi connectivity index (χ4n) is 3.24. The van der Waals surface area contributed by atoms with Crippen molar-refractivity contribution in [3.63, 3.8) is 0 Å². The molecule has 0 aliphatic carbocycles. The highest BCUT2D eigenvalue weighted by atomic mass is 32.1. The van der Waals surface area contributed by atoms with E-state index in [9.17, 15) is 9.90 Å². The molecule has 0 saturated carbocycles. The molecule has 2 unspecified atom stereocenters. The van der Waals surface area contributed by atoms with Crippen LogP contribution in [-0.2, 0) is 4.79 Å². The zero-order valence-electron chi connectivity index (χ0n) is 15.3. The molecule has 6 heteroatoms. The Labute approximate surface area is 164 Å². The van der Waals surface area contributed by atoms with Crippen molar-refractivity contribution >= 4 is 24.3 Å². The zero-order valence-corrected chi connectivity index (χ0v) is 16.2. The summed E-state index contributed by atoms with van der Waals surface area (Å²) in [6.07, 6.45) is 1.60. The Morgan fingerprint density at radius 1 is 1.04 bits per heavy atom. The maximum Gasteiger partial charge on any atom is 0.334 e. The summed E-state index contributed by atoms with van der Waals surface area (Å²) in [6.45, 7) is 3.93. The van der Waals surface area contributed by atoms with Gasteiger partial charge in [-0.25, -0.2) is 4.79 Å². The maximum absolute atomic E-state index is 12.2. The zero-order chi connectivity index (χ0) is 19.4. The molecule has 2 heterocycles. The van der Waals surface area contributed by atoms with Crippen molar-refractivity contribution in [2.45, 2.75) is 31.8 Å². The molecule has 2 atom stereocenters. The van der Waals surface area contributed by atoms with Crippen molar-refractivity contribution in [1.29, 1.82) is 0 Å². The van der Waals surface area contributed by atoms with Crippen LogP contribution in [0, 0.1) is 0 Å². The van der Waals surface area contributed by atoms with Crippen molar-refractivity contribution in [2.75, 3.05) is 10.7 Å². The maximum atomic E-state index is 12.2. The second-order valence-corrected chi connectivity index (χ2v) is 6.93. The number of furan rings is 2. The second kappa shape index (κ2) is 8.39. The summed E-state index contributed by atoms with van der Waals surface area (Å²) < 4.78 is 11.5. The molecule has 0 spiro atoms. The number of hydrogen-bond acceptors (Lipinski definition) is 5. The predicted molar refractivity (Wildman–Crippen MR) is 108 cm³/mol. The SMILES string of the molecule is CC(C)N(c1ccccc1)C(C(=O)O)c1ccc(C(CS)c2ccco2)o1. The molecule has 0 aliphatic rings. The first kappa shape index (κ1) is 19.2. The Morgan fingerprint density at radius 2 is 1.74 bits per heavy atom. The first-order valence-electron chi connectivity index (χ1n) is 8.83. The van der Waals surface area contributed by atoms with E-state index < -0.39 is 12.0 Å². The van der Waals surface area contributed by atoms with Crippen LogP contribution < -0.4 is 4.90 Å². The van der Waals surface area contributed by atoms with Gasteiger partial charge in [0.15, 0.2) is 6.04 Å². The topological polar surface area (TPSA) is 66.8 Å². The van der Waals surface area contributed by atoms with Crippen molar-refractivity contribution < 1.29 is 18.7 Å². The number of para-hydroxylation sites is 1. The highest BCUT2D eigenvalue weighted by Gasteiger charge is 2.33. The average Bonchev–Trinajstić information content (AvgIpc) is 3.33. The monoisotopic (exact) mass is 385 g/mol. The number of benzene rings is 1. The number of carboxylic acid groups (broad SMARTS) is 1. The van der Waals surface area contributed by atoms with Gasteiger partial charge in [-0.05, 0) is 50.2 Å². The smallest absolute Gasteiger partial charge is 0.334 e. The number of hydrogen-bond donors (Lipinski definition) is 2. The van der Waals surface area contributed by atoms with Crippen molar-refractivity contribution in [2.24, 2.45) is 0 Å². The van der Waals surface area contributed by atoms with Crippen LogP contribution in [0.25, 0.3) is 0 Å². The third kappa shape index (κ3) is 4.06. The van der Waals surface area contributed by atoms with Gasteiger partial charge in [-0.2, -0.15) is 12.6 Å². The molecule has 5 nitrogen and oxygen atoms in total. The van der Waals surface area contributed by atoms with E-state index >= 15 is 0 Å². The lowest BCUT2D eigenvalue weighted by molar-refractivity contribution is -0.139. The van der Waals surface area contributed by atoms with Gasteiger partial charge in [-0.1, -0.05) is 18.2 Å². The van der Waals surface area contributed by atoms with Crippen molar-refractivity contribution in [3.8, 4) is 0 Å². The molecule has 1 N–H and O–H groups in total. The number of rotatable bonds is 8.